The molecule has 0 aromatic heterocycles. The van der Waals surface area contributed by atoms with E-state index in [9.17, 15) is 14.4 Å². The first-order chi connectivity index (χ1) is 10.6. The van der Waals surface area contributed by atoms with Crippen molar-refractivity contribution in [2.24, 2.45) is 0 Å². The van der Waals surface area contributed by atoms with Crippen LogP contribution >= 0.6 is 0 Å². The van der Waals surface area contributed by atoms with Gasteiger partial charge in [-0.2, -0.15) is 0 Å². The minimum absolute atomic E-state index is 0.0962. The van der Waals surface area contributed by atoms with Gasteiger partial charge >= 0.3 is 0 Å². The van der Waals surface area contributed by atoms with E-state index in [1.807, 2.05) is 7.05 Å². The monoisotopic (exact) mass is 316 g/mol. The van der Waals surface area contributed by atoms with E-state index < -0.39 is 0 Å². The molecular formula is C14H28N4O4. The molecule has 3 amide bonds. The van der Waals surface area contributed by atoms with Gasteiger partial charge in [-0.25, -0.2) is 0 Å². The van der Waals surface area contributed by atoms with Crippen molar-refractivity contribution in [1.82, 2.24) is 21.3 Å². The van der Waals surface area contributed by atoms with Crippen LogP contribution in [0.2, 0.25) is 0 Å². The van der Waals surface area contributed by atoms with Gasteiger partial charge in [-0.15, -0.1) is 0 Å². The molecule has 0 fully saturated rings. The molecule has 0 rings (SSSR count). The standard InChI is InChI=1S/C14H28N4O4/c1-12(19)16-8-10-22-11-9-18-14(21)5-4-13(20)17-7-3-6-15-2/h15H,3-11H2,1-2H3,(H,16,19)(H,17,20)(H,18,21). The van der Waals surface area contributed by atoms with Crippen molar-refractivity contribution in [1.29, 1.82) is 0 Å². The Morgan fingerprint density at radius 3 is 1.91 bits per heavy atom. The molecule has 0 radical (unpaired) electrons. The van der Waals surface area contributed by atoms with Crippen molar-refractivity contribution >= 4 is 17.7 Å². The van der Waals surface area contributed by atoms with Gasteiger partial charge in [0, 0.05) is 39.4 Å². The lowest BCUT2D eigenvalue weighted by Gasteiger charge is -2.07. The molecular weight excluding hydrogens is 288 g/mol. The highest BCUT2D eigenvalue weighted by atomic mass is 16.5. The van der Waals surface area contributed by atoms with Crippen molar-refractivity contribution in [3.63, 3.8) is 0 Å². The molecule has 0 bridgehead atoms. The molecule has 4 N–H and O–H groups in total. The van der Waals surface area contributed by atoms with Gasteiger partial charge in [-0.1, -0.05) is 0 Å². The number of carbonyl (C=O) groups excluding carboxylic acids is 3. The Morgan fingerprint density at radius 1 is 0.818 bits per heavy atom. The van der Waals surface area contributed by atoms with E-state index in [0.29, 0.717) is 32.8 Å². The number of rotatable bonds is 13. The molecule has 0 aliphatic heterocycles. The van der Waals surface area contributed by atoms with Crippen LogP contribution in [0.25, 0.3) is 0 Å². The van der Waals surface area contributed by atoms with Crippen LogP contribution in [-0.2, 0) is 19.1 Å². The van der Waals surface area contributed by atoms with Gasteiger partial charge in [0.05, 0.1) is 13.2 Å². The summed E-state index contributed by atoms with van der Waals surface area (Å²) in [5, 5.41) is 11.0. The third kappa shape index (κ3) is 14.7. The summed E-state index contributed by atoms with van der Waals surface area (Å²) >= 11 is 0. The first-order valence-electron chi connectivity index (χ1n) is 7.56. The maximum atomic E-state index is 11.5. The van der Waals surface area contributed by atoms with E-state index in [1.54, 1.807) is 0 Å². The maximum absolute atomic E-state index is 11.5. The van der Waals surface area contributed by atoms with Crippen LogP contribution in [0.5, 0.6) is 0 Å². The van der Waals surface area contributed by atoms with Crippen LogP contribution in [-0.4, -0.2) is 64.2 Å². The summed E-state index contributed by atoms with van der Waals surface area (Å²) in [5.74, 6) is -0.380. The summed E-state index contributed by atoms with van der Waals surface area (Å²) in [4.78, 5) is 33.5. The summed E-state index contributed by atoms with van der Waals surface area (Å²) in [6, 6.07) is 0. The van der Waals surface area contributed by atoms with E-state index in [1.165, 1.54) is 6.92 Å². The van der Waals surface area contributed by atoms with Gasteiger partial charge in [0.2, 0.25) is 17.7 Å². The number of hydrogen-bond acceptors (Lipinski definition) is 5. The maximum Gasteiger partial charge on any atom is 0.220 e. The van der Waals surface area contributed by atoms with Crippen LogP contribution in [0.1, 0.15) is 26.2 Å². The molecule has 0 aliphatic rings. The molecule has 22 heavy (non-hydrogen) atoms. The SMILES string of the molecule is CNCCCNC(=O)CCC(=O)NCCOCCNC(C)=O. The minimum Gasteiger partial charge on any atom is -0.378 e. The fraction of sp³-hybridized carbons (Fsp3) is 0.786. The second-order valence-electron chi connectivity index (χ2n) is 4.75. The predicted octanol–water partition coefficient (Wildman–Crippen LogP) is -1.24. The van der Waals surface area contributed by atoms with E-state index in [-0.39, 0.29) is 30.6 Å². The third-order valence-electron chi connectivity index (χ3n) is 2.69. The average Bonchev–Trinajstić information content (AvgIpc) is 2.48. The molecule has 0 aromatic rings. The smallest absolute Gasteiger partial charge is 0.220 e. The quantitative estimate of drug-likeness (QED) is 0.318. The van der Waals surface area contributed by atoms with Gasteiger partial charge in [0.1, 0.15) is 0 Å². The van der Waals surface area contributed by atoms with Crippen molar-refractivity contribution < 1.29 is 19.1 Å². The average molecular weight is 316 g/mol. The molecule has 0 aromatic carbocycles. The fourth-order valence-electron chi connectivity index (χ4n) is 1.56. The molecule has 0 heterocycles. The summed E-state index contributed by atoms with van der Waals surface area (Å²) in [6.45, 7) is 4.54. The summed E-state index contributed by atoms with van der Waals surface area (Å²) in [6.07, 6.45) is 1.22. The zero-order valence-corrected chi connectivity index (χ0v) is 13.5. The van der Waals surface area contributed by atoms with Crippen molar-refractivity contribution in [2.75, 3.05) is 46.4 Å². The van der Waals surface area contributed by atoms with Crippen LogP contribution in [0.3, 0.4) is 0 Å². The second kappa shape index (κ2) is 14.3. The highest BCUT2D eigenvalue weighted by Crippen LogP contribution is 1.89. The molecule has 0 atom stereocenters. The largest absolute Gasteiger partial charge is 0.378 e. The lowest BCUT2D eigenvalue weighted by molar-refractivity contribution is -0.126. The number of carbonyl (C=O) groups is 3. The Balaban J connectivity index is 3.38. The minimum atomic E-state index is -0.171. The van der Waals surface area contributed by atoms with E-state index in [0.717, 1.165) is 13.0 Å². The Labute approximate surface area is 131 Å². The van der Waals surface area contributed by atoms with Crippen LogP contribution < -0.4 is 21.3 Å². The van der Waals surface area contributed by atoms with Crippen LogP contribution in [0.15, 0.2) is 0 Å². The number of ether oxygens (including phenoxy) is 1. The molecule has 0 saturated carbocycles. The van der Waals surface area contributed by atoms with E-state index >= 15 is 0 Å². The molecule has 0 aliphatic carbocycles. The Kier molecular flexibility index (Phi) is 13.2. The number of nitrogens with one attached hydrogen (secondary N) is 4. The van der Waals surface area contributed by atoms with Gasteiger partial charge in [0.15, 0.2) is 0 Å². The van der Waals surface area contributed by atoms with Gasteiger partial charge in [-0.05, 0) is 20.0 Å². The van der Waals surface area contributed by atoms with Gasteiger partial charge < -0.3 is 26.0 Å². The Hall–Kier alpha value is -1.67. The first kappa shape index (κ1) is 20.3. The summed E-state index contributed by atoms with van der Waals surface area (Å²) in [7, 11) is 1.86. The Morgan fingerprint density at radius 2 is 1.36 bits per heavy atom. The highest BCUT2D eigenvalue weighted by molar-refractivity contribution is 5.83. The number of amides is 3. The van der Waals surface area contributed by atoms with Crippen molar-refractivity contribution in [3.05, 3.63) is 0 Å². The predicted molar refractivity (Wildman–Crippen MR) is 83.3 cm³/mol. The zero-order chi connectivity index (χ0) is 16.6. The first-order valence-corrected chi connectivity index (χ1v) is 7.56. The molecule has 0 saturated heterocycles. The molecule has 8 heteroatoms. The molecule has 0 unspecified atom stereocenters. The zero-order valence-electron chi connectivity index (χ0n) is 13.5. The molecule has 128 valence electrons. The normalized spacial score (nSPS) is 10.1. The second-order valence-corrected chi connectivity index (χ2v) is 4.75. The van der Waals surface area contributed by atoms with Crippen LogP contribution in [0.4, 0.5) is 0 Å². The Bertz CT molecular complexity index is 337. The fourth-order valence-corrected chi connectivity index (χ4v) is 1.56. The summed E-state index contributed by atoms with van der Waals surface area (Å²) < 4.78 is 5.22. The van der Waals surface area contributed by atoms with Crippen LogP contribution in [0, 0.1) is 0 Å². The van der Waals surface area contributed by atoms with E-state index in [2.05, 4.69) is 21.3 Å². The molecule has 0 spiro atoms. The van der Waals surface area contributed by atoms with E-state index in [4.69, 9.17) is 4.74 Å². The van der Waals surface area contributed by atoms with Gasteiger partial charge in [0.25, 0.3) is 0 Å². The van der Waals surface area contributed by atoms with Crippen molar-refractivity contribution in [3.8, 4) is 0 Å². The topological polar surface area (TPSA) is 109 Å². The third-order valence-corrected chi connectivity index (χ3v) is 2.69. The van der Waals surface area contributed by atoms with Crippen molar-refractivity contribution in [2.45, 2.75) is 26.2 Å². The van der Waals surface area contributed by atoms with Gasteiger partial charge in [-0.3, -0.25) is 14.4 Å². The highest BCUT2D eigenvalue weighted by Gasteiger charge is 2.05. The molecule has 8 nitrogen and oxygen atoms in total. The lowest BCUT2D eigenvalue weighted by Crippen LogP contribution is -2.31. The number of hydrogen-bond donors (Lipinski definition) is 4. The summed E-state index contributed by atoms with van der Waals surface area (Å²) in [5.41, 5.74) is 0. The lowest BCUT2D eigenvalue weighted by atomic mass is 10.2.